The molecule has 0 saturated carbocycles. The highest BCUT2D eigenvalue weighted by Gasteiger charge is 1.88. The molecule has 0 aliphatic rings. The maximum atomic E-state index is 5.34. The van der Waals surface area contributed by atoms with Crippen molar-refractivity contribution in [1.29, 1.82) is 0 Å². The molecule has 0 unspecified atom stereocenters. The fourth-order valence-corrected chi connectivity index (χ4v) is 0.507. The van der Waals surface area contributed by atoms with Crippen LogP contribution in [0.15, 0.2) is 28.9 Å². The summed E-state index contributed by atoms with van der Waals surface area (Å²) in [6.45, 7) is 9.64. The molecule has 2 heteroatoms. The van der Waals surface area contributed by atoms with E-state index in [1.165, 1.54) is 0 Å². The Kier molecular flexibility index (Phi) is 4.50. The van der Waals surface area contributed by atoms with Crippen molar-refractivity contribution in [2.45, 2.75) is 13.3 Å². The van der Waals surface area contributed by atoms with E-state index < -0.39 is 0 Å². The van der Waals surface area contributed by atoms with Gasteiger partial charge in [0.05, 0.1) is 5.70 Å². The van der Waals surface area contributed by atoms with Crippen LogP contribution in [-0.4, -0.2) is 13.3 Å². The van der Waals surface area contributed by atoms with E-state index in [0.29, 0.717) is 6.54 Å². The SMILES string of the molecule is C=NC(=CC(=C)CC)CN. The predicted molar refractivity (Wildman–Crippen MR) is 46.1 cm³/mol. The minimum atomic E-state index is 0.433. The van der Waals surface area contributed by atoms with Crippen molar-refractivity contribution in [3.8, 4) is 0 Å². The first kappa shape index (κ1) is 9.11. The average Bonchev–Trinajstić information content (AvgIpc) is 1.99. The number of hydrogen-bond acceptors (Lipinski definition) is 2. The monoisotopic (exact) mass is 138 g/mol. The summed E-state index contributed by atoms with van der Waals surface area (Å²) in [5.41, 5.74) is 7.18. The van der Waals surface area contributed by atoms with Crippen LogP contribution in [0.3, 0.4) is 0 Å². The van der Waals surface area contributed by atoms with Crippen molar-refractivity contribution in [3.05, 3.63) is 23.9 Å². The molecule has 0 spiro atoms. The molecule has 10 heavy (non-hydrogen) atoms. The van der Waals surface area contributed by atoms with Crippen molar-refractivity contribution < 1.29 is 0 Å². The van der Waals surface area contributed by atoms with Gasteiger partial charge in [0.25, 0.3) is 0 Å². The summed E-state index contributed by atoms with van der Waals surface area (Å²) >= 11 is 0. The largest absolute Gasteiger partial charge is 0.325 e. The van der Waals surface area contributed by atoms with Gasteiger partial charge in [-0.1, -0.05) is 19.1 Å². The van der Waals surface area contributed by atoms with Crippen LogP contribution < -0.4 is 5.73 Å². The molecule has 56 valence electrons. The summed E-state index contributed by atoms with van der Waals surface area (Å²) in [5.74, 6) is 0. The average molecular weight is 138 g/mol. The smallest absolute Gasteiger partial charge is 0.0534 e. The Morgan fingerprint density at radius 3 is 2.60 bits per heavy atom. The zero-order valence-corrected chi connectivity index (χ0v) is 6.43. The van der Waals surface area contributed by atoms with E-state index in [0.717, 1.165) is 17.7 Å². The second kappa shape index (κ2) is 4.94. The van der Waals surface area contributed by atoms with Gasteiger partial charge in [-0.3, -0.25) is 4.99 Å². The molecular formula is C8H14N2. The molecule has 0 bridgehead atoms. The van der Waals surface area contributed by atoms with Crippen LogP contribution in [0.4, 0.5) is 0 Å². The molecule has 0 radical (unpaired) electrons. The summed E-state index contributed by atoms with van der Waals surface area (Å²) in [6.07, 6.45) is 2.80. The van der Waals surface area contributed by atoms with Gasteiger partial charge in [0, 0.05) is 6.54 Å². The van der Waals surface area contributed by atoms with Crippen LogP contribution in [0, 0.1) is 0 Å². The van der Waals surface area contributed by atoms with Gasteiger partial charge in [0.2, 0.25) is 0 Å². The Hall–Kier alpha value is -0.890. The lowest BCUT2D eigenvalue weighted by atomic mass is 10.2. The first-order valence-corrected chi connectivity index (χ1v) is 3.29. The number of nitrogens with two attached hydrogens (primary N) is 1. The Morgan fingerprint density at radius 1 is 1.70 bits per heavy atom. The highest BCUT2D eigenvalue weighted by Crippen LogP contribution is 2.03. The minimum absolute atomic E-state index is 0.433. The standard InChI is InChI=1S/C8H14N2/c1-4-7(2)5-8(6-9)10-3/h5H,2-4,6,9H2,1H3. The third-order valence-electron chi connectivity index (χ3n) is 1.24. The van der Waals surface area contributed by atoms with E-state index in [4.69, 9.17) is 5.73 Å². The molecule has 0 aliphatic heterocycles. The van der Waals surface area contributed by atoms with Gasteiger partial charge in [-0.15, -0.1) is 0 Å². The first-order chi connectivity index (χ1) is 4.74. The molecule has 0 fully saturated rings. The van der Waals surface area contributed by atoms with Crippen LogP contribution in [0.1, 0.15) is 13.3 Å². The van der Waals surface area contributed by atoms with E-state index in [-0.39, 0.29) is 0 Å². The van der Waals surface area contributed by atoms with Gasteiger partial charge in [-0.2, -0.15) is 0 Å². The maximum Gasteiger partial charge on any atom is 0.0534 e. The Balaban J connectivity index is 4.09. The Labute approximate surface area is 62.1 Å². The van der Waals surface area contributed by atoms with Gasteiger partial charge < -0.3 is 5.73 Å². The van der Waals surface area contributed by atoms with E-state index >= 15 is 0 Å². The summed E-state index contributed by atoms with van der Waals surface area (Å²) in [5, 5.41) is 0. The lowest BCUT2D eigenvalue weighted by molar-refractivity contribution is 1.08. The van der Waals surface area contributed by atoms with Gasteiger partial charge in [-0.25, -0.2) is 0 Å². The Bertz CT molecular complexity index is 157. The highest BCUT2D eigenvalue weighted by atomic mass is 14.7. The van der Waals surface area contributed by atoms with E-state index in [2.05, 4.69) is 18.3 Å². The maximum absolute atomic E-state index is 5.34. The molecule has 0 amide bonds. The van der Waals surface area contributed by atoms with E-state index in [9.17, 15) is 0 Å². The molecule has 0 atom stereocenters. The van der Waals surface area contributed by atoms with E-state index in [1.807, 2.05) is 13.0 Å². The zero-order chi connectivity index (χ0) is 7.98. The van der Waals surface area contributed by atoms with Crippen LogP contribution in [0.25, 0.3) is 0 Å². The first-order valence-electron chi connectivity index (χ1n) is 3.29. The van der Waals surface area contributed by atoms with Crippen LogP contribution >= 0.6 is 0 Å². The van der Waals surface area contributed by atoms with Crippen LogP contribution in [-0.2, 0) is 0 Å². The van der Waals surface area contributed by atoms with Gasteiger partial charge in [0.1, 0.15) is 0 Å². The van der Waals surface area contributed by atoms with Crippen molar-refractivity contribution in [1.82, 2.24) is 0 Å². The number of allylic oxidation sites excluding steroid dienone is 2. The lowest BCUT2D eigenvalue weighted by Crippen LogP contribution is -2.00. The minimum Gasteiger partial charge on any atom is -0.325 e. The second-order valence-corrected chi connectivity index (χ2v) is 2.01. The predicted octanol–water partition coefficient (Wildman–Crippen LogP) is 1.50. The number of hydrogen-bond donors (Lipinski definition) is 1. The molecule has 0 rings (SSSR count). The summed E-state index contributed by atoms with van der Waals surface area (Å²) in [4.78, 5) is 3.72. The molecular weight excluding hydrogens is 124 g/mol. The fourth-order valence-electron chi connectivity index (χ4n) is 0.507. The third kappa shape index (κ3) is 3.20. The topological polar surface area (TPSA) is 38.4 Å². The van der Waals surface area contributed by atoms with Crippen molar-refractivity contribution in [2.75, 3.05) is 6.54 Å². The molecule has 2 nitrogen and oxygen atoms in total. The third-order valence-corrected chi connectivity index (χ3v) is 1.24. The molecule has 0 aromatic heterocycles. The van der Waals surface area contributed by atoms with Crippen molar-refractivity contribution in [2.24, 2.45) is 10.7 Å². The molecule has 0 heterocycles. The molecule has 2 N–H and O–H groups in total. The lowest BCUT2D eigenvalue weighted by Gasteiger charge is -1.96. The molecule has 0 aliphatic carbocycles. The van der Waals surface area contributed by atoms with Crippen LogP contribution in [0.5, 0.6) is 0 Å². The molecule has 0 saturated heterocycles. The summed E-state index contributed by atoms with van der Waals surface area (Å²) < 4.78 is 0. The van der Waals surface area contributed by atoms with Crippen molar-refractivity contribution >= 4 is 6.72 Å². The number of rotatable bonds is 4. The second-order valence-electron chi connectivity index (χ2n) is 2.01. The highest BCUT2D eigenvalue weighted by molar-refractivity contribution is 5.32. The molecule has 0 aromatic rings. The van der Waals surface area contributed by atoms with Gasteiger partial charge in [-0.05, 0) is 19.2 Å². The number of nitrogens with zero attached hydrogens (tertiary/aromatic N) is 1. The van der Waals surface area contributed by atoms with Gasteiger partial charge >= 0.3 is 0 Å². The Morgan fingerprint density at radius 2 is 2.30 bits per heavy atom. The van der Waals surface area contributed by atoms with E-state index in [1.54, 1.807) is 0 Å². The quantitative estimate of drug-likeness (QED) is 0.464. The summed E-state index contributed by atoms with van der Waals surface area (Å²) in [6, 6.07) is 0. The normalized spacial score (nSPS) is 11.2. The zero-order valence-electron chi connectivity index (χ0n) is 6.43. The number of aliphatic imine (C=N–C) groups is 1. The summed E-state index contributed by atoms with van der Waals surface area (Å²) in [7, 11) is 0. The van der Waals surface area contributed by atoms with Crippen molar-refractivity contribution in [3.63, 3.8) is 0 Å². The molecule has 0 aromatic carbocycles. The van der Waals surface area contributed by atoms with Crippen LogP contribution in [0.2, 0.25) is 0 Å². The fraction of sp³-hybridized carbons (Fsp3) is 0.375. The van der Waals surface area contributed by atoms with Gasteiger partial charge in [0.15, 0.2) is 0 Å².